The van der Waals surface area contributed by atoms with E-state index in [-0.39, 0.29) is 23.0 Å². The second kappa shape index (κ2) is 7.62. The number of fused-ring (bicyclic) bond motifs is 1. The highest BCUT2D eigenvalue weighted by molar-refractivity contribution is 7.89. The van der Waals surface area contributed by atoms with E-state index in [1.165, 1.54) is 16.8 Å². The van der Waals surface area contributed by atoms with Crippen LogP contribution < -0.4 is 9.64 Å². The van der Waals surface area contributed by atoms with E-state index in [0.29, 0.717) is 25.9 Å². The molecule has 0 radical (unpaired) electrons. The molecule has 0 bridgehead atoms. The number of aryl methyl sites for hydroxylation is 1. The summed E-state index contributed by atoms with van der Waals surface area (Å²) in [6.45, 7) is 0.858. The standard InChI is InChI=1S/C20H28N4O4S/c1-22(2)16-5-4-6-17(9-16)28-19-8-15-11-24(10-14(15)7-18(19)25)29(26,27)20-12-23(3)13-21-20/h4-6,9,12-15,18-19,25H,7-8,10-11H2,1-3H3/t14-,15+,18+,19+/m0/s1. The van der Waals surface area contributed by atoms with Gasteiger partial charge in [0.2, 0.25) is 0 Å². The first-order chi connectivity index (χ1) is 13.7. The molecule has 1 aromatic heterocycles. The molecule has 8 nitrogen and oxygen atoms in total. The number of aliphatic hydroxyl groups excluding tert-OH is 1. The lowest BCUT2D eigenvalue weighted by molar-refractivity contribution is -0.0231. The van der Waals surface area contributed by atoms with Gasteiger partial charge in [0, 0.05) is 52.2 Å². The average molecular weight is 421 g/mol. The summed E-state index contributed by atoms with van der Waals surface area (Å²) in [5.41, 5.74) is 1.03. The number of hydrogen-bond donors (Lipinski definition) is 1. The van der Waals surface area contributed by atoms with Gasteiger partial charge < -0.3 is 19.3 Å². The van der Waals surface area contributed by atoms with Gasteiger partial charge in [-0.1, -0.05) is 6.07 Å². The number of imidazole rings is 1. The van der Waals surface area contributed by atoms with E-state index in [9.17, 15) is 13.5 Å². The van der Waals surface area contributed by atoms with E-state index < -0.39 is 16.1 Å². The number of aromatic nitrogens is 2. The van der Waals surface area contributed by atoms with E-state index >= 15 is 0 Å². The Morgan fingerprint density at radius 1 is 1.21 bits per heavy atom. The van der Waals surface area contributed by atoms with Crippen molar-refractivity contribution in [2.24, 2.45) is 18.9 Å². The molecule has 9 heteroatoms. The van der Waals surface area contributed by atoms with Crippen molar-refractivity contribution in [1.82, 2.24) is 13.9 Å². The van der Waals surface area contributed by atoms with Crippen LogP contribution in [0.2, 0.25) is 0 Å². The first-order valence-electron chi connectivity index (χ1n) is 9.84. The fourth-order valence-corrected chi connectivity index (χ4v) is 5.85. The largest absolute Gasteiger partial charge is 0.488 e. The molecule has 0 unspecified atom stereocenters. The Hall–Kier alpha value is -2.10. The molecule has 0 amide bonds. The van der Waals surface area contributed by atoms with Gasteiger partial charge in [-0.25, -0.2) is 13.4 Å². The third kappa shape index (κ3) is 3.99. The first-order valence-corrected chi connectivity index (χ1v) is 11.3. The normalized spacial score (nSPS) is 27.6. The van der Waals surface area contributed by atoms with Crippen molar-refractivity contribution in [3.8, 4) is 5.75 Å². The zero-order chi connectivity index (χ0) is 20.8. The number of anilines is 1. The van der Waals surface area contributed by atoms with Crippen molar-refractivity contribution in [2.45, 2.75) is 30.1 Å². The van der Waals surface area contributed by atoms with Gasteiger partial charge >= 0.3 is 0 Å². The molecule has 29 heavy (non-hydrogen) atoms. The number of ether oxygens (including phenoxy) is 1. The van der Waals surface area contributed by atoms with Crippen LogP contribution in [0.1, 0.15) is 12.8 Å². The molecule has 2 aliphatic rings. The summed E-state index contributed by atoms with van der Waals surface area (Å²) in [6, 6.07) is 7.76. The van der Waals surface area contributed by atoms with Crippen LogP contribution in [0.25, 0.3) is 0 Å². The predicted octanol–water partition coefficient (Wildman–Crippen LogP) is 1.33. The minimum absolute atomic E-state index is 0.0764. The highest BCUT2D eigenvalue weighted by Gasteiger charge is 2.46. The van der Waals surface area contributed by atoms with Gasteiger partial charge in [0.1, 0.15) is 11.9 Å². The highest BCUT2D eigenvalue weighted by atomic mass is 32.2. The van der Waals surface area contributed by atoms with Crippen molar-refractivity contribution >= 4 is 15.7 Å². The molecule has 4 rings (SSSR count). The van der Waals surface area contributed by atoms with Gasteiger partial charge in [0.25, 0.3) is 10.0 Å². The third-order valence-corrected chi connectivity index (χ3v) is 7.68. The van der Waals surface area contributed by atoms with Crippen LogP contribution in [0.15, 0.2) is 41.8 Å². The Morgan fingerprint density at radius 2 is 1.93 bits per heavy atom. The Balaban J connectivity index is 1.46. The van der Waals surface area contributed by atoms with Crippen molar-refractivity contribution < 1.29 is 18.3 Å². The molecule has 2 aromatic rings. The smallest absolute Gasteiger partial charge is 0.262 e. The maximum atomic E-state index is 12.9. The van der Waals surface area contributed by atoms with Crippen molar-refractivity contribution in [2.75, 3.05) is 32.1 Å². The lowest BCUT2D eigenvalue weighted by atomic mass is 9.78. The molecule has 1 aliphatic carbocycles. The van der Waals surface area contributed by atoms with Crippen LogP contribution in [0.3, 0.4) is 0 Å². The number of sulfonamides is 1. The number of rotatable bonds is 5. The summed E-state index contributed by atoms with van der Waals surface area (Å²) in [5.74, 6) is 1.02. The van der Waals surface area contributed by atoms with Gasteiger partial charge in [-0.2, -0.15) is 4.31 Å². The fraction of sp³-hybridized carbons (Fsp3) is 0.550. The van der Waals surface area contributed by atoms with E-state index in [1.807, 2.05) is 43.3 Å². The minimum atomic E-state index is -3.61. The lowest BCUT2D eigenvalue weighted by Gasteiger charge is -2.35. The van der Waals surface area contributed by atoms with Crippen molar-refractivity contribution in [3.05, 3.63) is 36.8 Å². The minimum Gasteiger partial charge on any atom is -0.488 e. The average Bonchev–Trinajstić information content (AvgIpc) is 3.29. The van der Waals surface area contributed by atoms with Crippen LogP contribution in [-0.4, -0.2) is 66.8 Å². The second-order valence-electron chi connectivity index (χ2n) is 8.31. The van der Waals surface area contributed by atoms with Gasteiger partial charge in [-0.05, 0) is 36.8 Å². The van der Waals surface area contributed by atoms with E-state index in [4.69, 9.17) is 4.74 Å². The molecular weight excluding hydrogens is 392 g/mol. The third-order valence-electron chi connectivity index (χ3n) is 5.96. The number of hydrogen-bond acceptors (Lipinski definition) is 6. The summed E-state index contributed by atoms with van der Waals surface area (Å²) in [5, 5.41) is 10.7. The maximum absolute atomic E-state index is 12.9. The molecule has 0 spiro atoms. The fourth-order valence-electron chi connectivity index (χ4n) is 4.33. The van der Waals surface area contributed by atoms with Gasteiger partial charge in [0.15, 0.2) is 5.03 Å². The van der Waals surface area contributed by atoms with Gasteiger partial charge in [-0.15, -0.1) is 0 Å². The molecule has 1 aromatic carbocycles. The van der Waals surface area contributed by atoms with Crippen LogP contribution >= 0.6 is 0 Å². The lowest BCUT2D eigenvalue weighted by Crippen LogP contribution is -2.42. The molecule has 1 aliphatic heterocycles. The second-order valence-corrected chi connectivity index (χ2v) is 10.2. The predicted molar refractivity (Wildman–Crippen MR) is 109 cm³/mol. The van der Waals surface area contributed by atoms with Gasteiger partial charge in [-0.3, -0.25) is 0 Å². The molecule has 4 atom stereocenters. The number of benzene rings is 1. The Kier molecular flexibility index (Phi) is 5.30. The zero-order valence-electron chi connectivity index (χ0n) is 17.0. The van der Waals surface area contributed by atoms with Crippen LogP contribution in [0, 0.1) is 11.8 Å². The van der Waals surface area contributed by atoms with Crippen LogP contribution in [-0.2, 0) is 17.1 Å². The summed E-state index contributed by atoms with van der Waals surface area (Å²) in [6.07, 6.45) is 3.23. The number of nitrogens with zero attached hydrogens (tertiary/aromatic N) is 4. The summed E-state index contributed by atoms with van der Waals surface area (Å²) >= 11 is 0. The Bertz CT molecular complexity index is 974. The molecular formula is C20H28N4O4S. The van der Waals surface area contributed by atoms with Crippen LogP contribution in [0.4, 0.5) is 5.69 Å². The maximum Gasteiger partial charge on any atom is 0.262 e. The van der Waals surface area contributed by atoms with E-state index in [0.717, 1.165) is 11.4 Å². The first kappa shape index (κ1) is 20.2. The molecule has 1 N–H and O–H groups in total. The SMILES string of the molecule is CN(C)c1cccc(O[C@@H]2C[C@@H]3CN(S(=O)(=O)c4cn(C)cn4)C[C@@H]3C[C@H]2O)c1. The van der Waals surface area contributed by atoms with Gasteiger partial charge in [0.05, 0.1) is 12.4 Å². The summed E-state index contributed by atoms with van der Waals surface area (Å²) in [7, 11) is 2.07. The molecule has 1 saturated carbocycles. The molecule has 158 valence electrons. The molecule has 2 heterocycles. The quantitative estimate of drug-likeness (QED) is 0.785. The zero-order valence-corrected chi connectivity index (χ0v) is 17.8. The van der Waals surface area contributed by atoms with Crippen molar-refractivity contribution in [3.63, 3.8) is 0 Å². The summed E-state index contributed by atoms with van der Waals surface area (Å²) in [4.78, 5) is 6.01. The molecule has 2 fully saturated rings. The van der Waals surface area contributed by atoms with E-state index in [1.54, 1.807) is 11.6 Å². The topological polar surface area (TPSA) is 87.9 Å². The highest BCUT2D eigenvalue weighted by Crippen LogP contribution is 2.40. The Morgan fingerprint density at radius 3 is 2.59 bits per heavy atom. The van der Waals surface area contributed by atoms with Crippen molar-refractivity contribution in [1.29, 1.82) is 0 Å². The number of aliphatic hydroxyl groups is 1. The Labute approximate surface area is 171 Å². The molecule has 1 saturated heterocycles. The van der Waals surface area contributed by atoms with Crippen LogP contribution in [0.5, 0.6) is 5.75 Å². The van der Waals surface area contributed by atoms with E-state index in [2.05, 4.69) is 4.98 Å². The monoisotopic (exact) mass is 420 g/mol. The summed E-state index contributed by atoms with van der Waals surface area (Å²) < 4.78 is 35.0.